The Hall–Kier alpha value is -2.06. The number of nitrogens with zero attached hydrogens (tertiary/aromatic N) is 2. The lowest BCUT2D eigenvalue weighted by molar-refractivity contribution is 0.00272. The van der Waals surface area contributed by atoms with Gasteiger partial charge in [0.05, 0.1) is 13.2 Å². The van der Waals surface area contributed by atoms with E-state index in [1.807, 2.05) is 6.92 Å². The summed E-state index contributed by atoms with van der Waals surface area (Å²) < 4.78 is 10.9. The maximum Gasteiger partial charge on any atom is 0.284 e. The van der Waals surface area contributed by atoms with Crippen molar-refractivity contribution in [2.75, 3.05) is 39.4 Å². The molecular weight excluding hydrogens is 358 g/mol. The quantitative estimate of drug-likeness (QED) is 0.412. The number of carbonyl (C=O) groups excluding carboxylic acids is 1. The predicted octanol–water partition coefficient (Wildman–Crippen LogP) is 1.57. The van der Waals surface area contributed by atoms with Crippen LogP contribution in [0, 0.1) is 5.92 Å². The number of guanidine groups is 1. The van der Waals surface area contributed by atoms with Gasteiger partial charge in [-0.1, -0.05) is 26.7 Å². The van der Waals surface area contributed by atoms with Crippen molar-refractivity contribution in [1.29, 1.82) is 0 Å². The second-order valence-corrected chi connectivity index (χ2v) is 7.00. The fraction of sp³-hybridized carbons (Fsp3) is 0.700. The first-order chi connectivity index (χ1) is 13.6. The maximum atomic E-state index is 11.2. The van der Waals surface area contributed by atoms with Crippen molar-refractivity contribution in [2.45, 2.75) is 46.2 Å². The molecule has 8 nitrogen and oxygen atoms in total. The van der Waals surface area contributed by atoms with Crippen LogP contribution in [0.3, 0.4) is 0 Å². The maximum absolute atomic E-state index is 11.2. The van der Waals surface area contributed by atoms with Gasteiger partial charge >= 0.3 is 0 Å². The number of aliphatic imine (C=N–C) groups is 1. The first-order valence-corrected chi connectivity index (χ1v) is 10.3. The molecule has 2 rings (SSSR count). The van der Waals surface area contributed by atoms with E-state index in [0.29, 0.717) is 24.3 Å². The molecular formula is C20H35N5O3. The summed E-state index contributed by atoms with van der Waals surface area (Å²) >= 11 is 0. The number of ether oxygens (including phenoxy) is 1. The molecule has 1 amide bonds. The number of morpholine rings is 1. The van der Waals surface area contributed by atoms with Crippen LogP contribution in [-0.2, 0) is 11.3 Å². The van der Waals surface area contributed by atoms with E-state index in [9.17, 15) is 4.79 Å². The zero-order valence-corrected chi connectivity index (χ0v) is 17.4. The number of primary amides is 1. The molecule has 158 valence electrons. The van der Waals surface area contributed by atoms with E-state index in [1.165, 1.54) is 0 Å². The van der Waals surface area contributed by atoms with Crippen LogP contribution in [0.2, 0.25) is 0 Å². The highest BCUT2D eigenvalue weighted by molar-refractivity contribution is 5.89. The molecule has 0 aliphatic carbocycles. The zero-order chi connectivity index (χ0) is 20.4. The molecule has 1 unspecified atom stereocenters. The molecule has 1 aromatic rings. The highest BCUT2D eigenvalue weighted by Crippen LogP contribution is 2.19. The highest BCUT2D eigenvalue weighted by atomic mass is 16.5. The van der Waals surface area contributed by atoms with E-state index in [-0.39, 0.29) is 5.76 Å². The van der Waals surface area contributed by atoms with E-state index in [4.69, 9.17) is 14.9 Å². The third-order valence-corrected chi connectivity index (χ3v) is 5.23. The van der Waals surface area contributed by atoms with Crippen LogP contribution in [0.4, 0.5) is 0 Å². The number of hydrogen-bond acceptors (Lipinski definition) is 5. The van der Waals surface area contributed by atoms with Gasteiger partial charge in [-0.15, -0.1) is 0 Å². The van der Waals surface area contributed by atoms with Crippen molar-refractivity contribution < 1.29 is 13.9 Å². The molecule has 0 bridgehead atoms. The minimum absolute atomic E-state index is 0.157. The van der Waals surface area contributed by atoms with E-state index in [1.54, 1.807) is 12.1 Å². The van der Waals surface area contributed by atoms with Gasteiger partial charge in [-0.2, -0.15) is 0 Å². The average Bonchev–Trinajstić information content (AvgIpc) is 3.19. The molecule has 0 radical (unpaired) electrons. The zero-order valence-electron chi connectivity index (χ0n) is 17.4. The molecule has 0 aromatic carbocycles. The fourth-order valence-corrected chi connectivity index (χ4v) is 3.63. The molecule has 1 saturated heterocycles. The Bertz CT molecular complexity index is 621. The summed E-state index contributed by atoms with van der Waals surface area (Å²) in [6.45, 7) is 12.0. The molecule has 1 fully saturated rings. The van der Waals surface area contributed by atoms with Crippen LogP contribution in [-0.4, -0.2) is 62.2 Å². The molecule has 1 atom stereocenters. The van der Waals surface area contributed by atoms with Gasteiger partial charge in [0.2, 0.25) is 0 Å². The third kappa shape index (κ3) is 6.53. The van der Waals surface area contributed by atoms with E-state index < -0.39 is 5.91 Å². The number of hydrogen-bond donors (Lipinski definition) is 3. The minimum atomic E-state index is -0.571. The molecule has 8 heteroatoms. The van der Waals surface area contributed by atoms with Crippen LogP contribution in [0.5, 0.6) is 0 Å². The van der Waals surface area contributed by atoms with Crippen molar-refractivity contribution in [2.24, 2.45) is 16.6 Å². The van der Waals surface area contributed by atoms with Gasteiger partial charge in [0.1, 0.15) is 12.3 Å². The topological polar surface area (TPSA) is 105 Å². The third-order valence-electron chi connectivity index (χ3n) is 5.23. The van der Waals surface area contributed by atoms with E-state index in [0.717, 1.165) is 58.2 Å². The monoisotopic (exact) mass is 393 g/mol. The standard InChI is InChI=1S/C20H35N5O3/c1-4-15(5-2)17(25-9-11-27-12-10-25)14-24-20(22-6-3)23-13-16-7-8-18(28-16)19(21)26/h7-8,15,17H,4-6,9-14H2,1-3H3,(H2,21,26)(H2,22,23,24). The number of nitrogens with one attached hydrogen (secondary N) is 2. The number of amides is 1. The van der Waals surface area contributed by atoms with Crippen molar-refractivity contribution in [3.8, 4) is 0 Å². The summed E-state index contributed by atoms with van der Waals surface area (Å²) in [5.74, 6) is 1.55. The van der Waals surface area contributed by atoms with Crippen molar-refractivity contribution in [3.63, 3.8) is 0 Å². The van der Waals surface area contributed by atoms with Crippen molar-refractivity contribution in [1.82, 2.24) is 15.5 Å². The SMILES string of the molecule is CCNC(=NCc1ccc(C(N)=O)o1)NCC(C(CC)CC)N1CCOCC1. The van der Waals surface area contributed by atoms with Gasteiger partial charge < -0.3 is 25.5 Å². The summed E-state index contributed by atoms with van der Waals surface area (Å²) in [5.41, 5.74) is 5.23. The van der Waals surface area contributed by atoms with Crippen LogP contribution in [0.15, 0.2) is 21.5 Å². The van der Waals surface area contributed by atoms with Crippen LogP contribution in [0.25, 0.3) is 0 Å². The number of rotatable bonds is 10. The Kier molecular flexibility index (Phi) is 9.30. The summed E-state index contributed by atoms with van der Waals surface area (Å²) in [6.07, 6.45) is 2.30. The van der Waals surface area contributed by atoms with Crippen molar-refractivity contribution >= 4 is 11.9 Å². The normalized spacial score (nSPS) is 16.9. The van der Waals surface area contributed by atoms with E-state index in [2.05, 4.69) is 34.4 Å². The lowest BCUT2D eigenvalue weighted by Crippen LogP contribution is -2.53. The molecule has 0 saturated carbocycles. The Morgan fingerprint density at radius 2 is 1.93 bits per heavy atom. The lowest BCUT2D eigenvalue weighted by atomic mass is 9.92. The largest absolute Gasteiger partial charge is 0.454 e. The summed E-state index contributed by atoms with van der Waals surface area (Å²) in [5, 5.41) is 6.77. The van der Waals surface area contributed by atoms with Crippen LogP contribution < -0.4 is 16.4 Å². The second-order valence-electron chi connectivity index (χ2n) is 7.00. The molecule has 0 spiro atoms. The molecule has 28 heavy (non-hydrogen) atoms. The summed E-state index contributed by atoms with van der Waals surface area (Å²) in [6, 6.07) is 3.75. The van der Waals surface area contributed by atoms with Crippen molar-refractivity contribution in [3.05, 3.63) is 23.7 Å². The summed E-state index contributed by atoms with van der Waals surface area (Å²) in [4.78, 5) is 18.3. The van der Waals surface area contributed by atoms with Gasteiger partial charge in [0, 0.05) is 32.2 Å². The Morgan fingerprint density at radius 1 is 1.21 bits per heavy atom. The summed E-state index contributed by atoms with van der Waals surface area (Å²) in [7, 11) is 0. The van der Waals surface area contributed by atoms with Gasteiger partial charge in [-0.25, -0.2) is 4.99 Å². The molecule has 1 aliphatic heterocycles. The predicted molar refractivity (Wildman–Crippen MR) is 110 cm³/mol. The first kappa shape index (κ1) is 22.2. The lowest BCUT2D eigenvalue weighted by Gasteiger charge is -2.39. The van der Waals surface area contributed by atoms with Crippen LogP contribution in [0.1, 0.15) is 49.9 Å². The van der Waals surface area contributed by atoms with Gasteiger partial charge in [-0.3, -0.25) is 9.69 Å². The van der Waals surface area contributed by atoms with E-state index >= 15 is 0 Å². The highest BCUT2D eigenvalue weighted by Gasteiger charge is 2.27. The molecule has 1 aromatic heterocycles. The fourth-order valence-electron chi connectivity index (χ4n) is 3.63. The Morgan fingerprint density at radius 3 is 2.50 bits per heavy atom. The molecule has 2 heterocycles. The van der Waals surface area contributed by atoms with Gasteiger partial charge in [0.15, 0.2) is 11.7 Å². The average molecular weight is 394 g/mol. The number of carbonyl (C=O) groups is 1. The van der Waals surface area contributed by atoms with Gasteiger partial charge in [0.25, 0.3) is 5.91 Å². The molecule has 4 N–H and O–H groups in total. The second kappa shape index (κ2) is 11.7. The van der Waals surface area contributed by atoms with Crippen LogP contribution >= 0.6 is 0 Å². The molecule has 1 aliphatic rings. The first-order valence-electron chi connectivity index (χ1n) is 10.3. The Balaban J connectivity index is 2.01. The Labute approximate surface area is 167 Å². The number of furan rings is 1. The minimum Gasteiger partial charge on any atom is -0.454 e. The smallest absolute Gasteiger partial charge is 0.284 e. The van der Waals surface area contributed by atoms with Gasteiger partial charge in [-0.05, 0) is 25.0 Å². The number of nitrogens with two attached hydrogens (primary N) is 1.